The van der Waals surface area contributed by atoms with E-state index in [1.54, 1.807) is 109 Å². The third-order valence-electron chi connectivity index (χ3n) is 15.7. The number of allylic oxidation sites excluding steroid dienone is 2. The van der Waals surface area contributed by atoms with E-state index in [9.17, 15) is 33.9 Å². The molecule has 536 valence electrons. The number of halogens is 15. The molecule has 6 aromatic carbocycles. The minimum absolute atomic E-state index is 0. The molecule has 101 heavy (non-hydrogen) atoms. The number of benzene rings is 6. The minimum Gasteiger partial charge on any atom is -0.696 e. The zero-order valence-corrected chi connectivity index (χ0v) is 72.3. The molecule has 0 amide bonds. The summed E-state index contributed by atoms with van der Waals surface area (Å²) in [6.07, 6.45) is 24.2. The van der Waals surface area contributed by atoms with E-state index in [0.29, 0.717) is 112 Å². The normalized spacial score (nSPS) is 15.2. The van der Waals surface area contributed by atoms with E-state index in [-0.39, 0.29) is 68.6 Å². The van der Waals surface area contributed by atoms with E-state index in [4.69, 9.17) is 150 Å². The number of ketones is 5. The van der Waals surface area contributed by atoms with Gasteiger partial charge in [-0.05, 0) is 221 Å². The van der Waals surface area contributed by atoms with Gasteiger partial charge in [-0.25, -0.2) is 5.26 Å². The van der Waals surface area contributed by atoms with E-state index in [1.807, 2.05) is 17.5 Å². The number of aliphatic hydroxyl groups is 1. The molecule has 6 fully saturated rings. The summed E-state index contributed by atoms with van der Waals surface area (Å²) in [7, 11) is 0. The average Bonchev–Trinajstić information content (AvgIpc) is 1.35. The number of carbonyl (C=O) groups is 6. The van der Waals surface area contributed by atoms with E-state index in [1.165, 1.54) is 63.7 Å². The second-order valence-electron chi connectivity index (χ2n) is 24.2. The monoisotopic (exact) mass is 1840 g/mol. The van der Waals surface area contributed by atoms with Crippen molar-refractivity contribution < 1.29 is 63.4 Å². The van der Waals surface area contributed by atoms with Crippen LogP contribution in [0.3, 0.4) is 0 Å². The Labute approximate surface area is 708 Å². The fraction of sp³-hybridized carbons (Fsp3) is 0.378. The maximum Gasteiger partial charge on any atom is 1.00 e. The van der Waals surface area contributed by atoms with Gasteiger partial charge < -0.3 is 22.5 Å². The summed E-state index contributed by atoms with van der Waals surface area (Å²) in [6.45, 7) is 1.49. The Kier molecular flexibility index (Phi) is 46.6. The standard InChI is InChI=1S/C13H11Cl2NOS.C12H11BrCl2O.C12H14Cl2O.C12H12Cl2O.C12H10Cl2O.C8H6Cl2O.C4H6O.CHNS.Br2.Na/c14-10-4-3-9(6-11(10)15)13(17)12(18-7-16)5-8-1-2-8;13-9(5-7-1-2-7)12(16)8-3-4-10(14)11(15)6-8;3*13-10-5-4-9(7-11(10)14)12(15)6-3-8-1-2-8;1-5(11)6-2-3-7(9)8(10)4-6;5-3-4-1-2-4;2-1-3;1-2;/h3-4,6,8,12H,1-2,5H2;3-4,6-7,9H,1-2,5H2;4-5,7-8,12,15H,1-3,6H2;4-5,7-8H,1-3,6H2;3-8H,1-2H2;2-4H,1H3;3-4H,1-2H2;3H;;/q;;;;;;;;;+1/p-1/b;;;;6-3+;;;;;. The zero-order chi connectivity index (χ0) is 74.2. The number of alkyl halides is 1. The first kappa shape index (κ1) is 93.7. The summed E-state index contributed by atoms with van der Waals surface area (Å²) < 4.78 is 0. The number of carbonyl (C=O) groups excluding carboxylic acids is 6. The smallest absolute Gasteiger partial charge is 0.696 e. The van der Waals surface area contributed by atoms with Crippen molar-refractivity contribution in [3.05, 3.63) is 215 Å². The first-order valence-electron chi connectivity index (χ1n) is 31.7. The van der Waals surface area contributed by atoms with Crippen LogP contribution in [0.4, 0.5) is 0 Å². The van der Waals surface area contributed by atoms with E-state index < -0.39 is 6.10 Å². The predicted octanol–water partition coefficient (Wildman–Crippen LogP) is 24.5. The van der Waals surface area contributed by atoms with Crippen LogP contribution >= 0.6 is 195 Å². The van der Waals surface area contributed by atoms with Gasteiger partial charge in [0.25, 0.3) is 0 Å². The van der Waals surface area contributed by atoms with Crippen LogP contribution in [0.5, 0.6) is 0 Å². The van der Waals surface area contributed by atoms with Crippen molar-refractivity contribution in [2.75, 3.05) is 0 Å². The minimum atomic E-state index is -0.402. The number of aldehydes is 1. The summed E-state index contributed by atoms with van der Waals surface area (Å²) in [5.74, 6) is 4.21. The van der Waals surface area contributed by atoms with Crippen molar-refractivity contribution in [3.8, 4) is 10.8 Å². The average molecular weight is 1850 g/mol. The van der Waals surface area contributed by atoms with E-state index in [2.05, 4.69) is 56.8 Å². The molecule has 0 heterocycles. The Balaban J connectivity index is 0.000000307. The van der Waals surface area contributed by atoms with Crippen molar-refractivity contribution in [1.82, 2.24) is 0 Å². The van der Waals surface area contributed by atoms with Crippen LogP contribution in [0.2, 0.25) is 60.3 Å². The molecule has 3 unspecified atom stereocenters. The number of thiocyanates is 2. The number of nitriles is 2. The summed E-state index contributed by atoms with van der Waals surface area (Å²) in [6, 6.07) is 30.0. The van der Waals surface area contributed by atoms with Gasteiger partial charge >= 0.3 is 29.6 Å². The van der Waals surface area contributed by atoms with Gasteiger partial charge in [0.05, 0.1) is 76.5 Å². The van der Waals surface area contributed by atoms with E-state index >= 15 is 0 Å². The maximum absolute atomic E-state index is 12.3. The zero-order valence-electron chi connectivity index (χ0n) is 54.8. The molecular weight excluding hydrogens is 1780 g/mol. The second-order valence-corrected chi connectivity index (χ2v) is 31.4. The Hall–Kier alpha value is -1.49. The molecule has 6 aliphatic rings. The number of hydrogen-bond acceptors (Lipinski definition) is 11. The van der Waals surface area contributed by atoms with Gasteiger partial charge in [-0.1, -0.05) is 224 Å². The molecule has 0 radical (unpaired) electrons. The molecule has 6 saturated carbocycles. The van der Waals surface area contributed by atoms with Gasteiger partial charge in [-0.2, -0.15) is 5.26 Å². The largest absolute Gasteiger partial charge is 1.00 e. The summed E-state index contributed by atoms with van der Waals surface area (Å²) in [4.78, 5) is 68.0. The first-order chi connectivity index (χ1) is 47.6. The van der Waals surface area contributed by atoms with Crippen LogP contribution in [0.1, 0.15) is 186 Å². The quantitative estimate of drug-likeness (QED) is 0.0130. The molecule has 9 nitrogen and oxygen atoms in total. The molecule has 6 aliphatic carbocycles. The van der Waals surface area contributed by atoms with Crippen molar-refractivity contribution in [2.24, 2.45) is 35.5 Å². The Morgan fingerprint density at radius 1 is 0.515 bits per heavy atom. The number of aliphatic hydroxyl groups excluding tert-OH is 1. The van der Waals surface area contributed by atoms with Gasteiger partial charge in [0.2, 0.25) is 0 Å². The van der Waals surface area contributed by atoms with Crippen molar-refractivity contribution in [3.63, 3.8) is 0 Å². The van der Waals surface area contributed by atoms with Crippen LogP contribution in [0.15, 0.2) is 121 Å². The molecule has 3 atom stereocenters. The fourth-order valence-electron chi connectivity index (χ4n) is 8.79. The second kappa shape index (κ2) is 50.3. The van der Waals surface area contributed by atoms with Gasteiger partial charge in [0.1, 0.15) is 11.7 Å². The molecule has 0 aromatic heterocycles. The summed E-state index contributed by atoms with van der Waals surface area (Å²) in [5, 5.41) is 34.4. The van der Waals surface area contributed by atoms with Crippen LogP contribution in [0.25, 0.3) is 0 Å². The third kappa shape index (κ3) is 38.4. The van der Waals surface area contributed by atoms with Gasteiger partial charge in [0.15, 0.2) is 28.9 Å². The Morgan fingerprint density at radius 3 is 1.28 bits per heavy atom. The molecule has 6 aromatic rings. The SMILES string of the molecule is BrBr.CC(=O)c1ccc(Cl)c(Cl)c1.N#CSC(CC1CC1)C(=O)c1ccc(Cl)c(Cl)c1.N#C[S-].O=C(/C=C/C1CC1)c1ccc(Cl)c(Cl)c1.O=C(CCC1CC1)c1ccc(Cl)c(Cl)c1.O=C(c1ccc(Cl)c(Cl)c1)C(Br)CC1CC1.O=CC1CC1.OC(CCC1CC1)c1ccc(Cl)c(Cl)c1.[Na+]. The van der Waals surface area contributed by atoms with Gasteiger partial charge in [0, 0.05) is 68.4 Å². The molecule has 0 bridgehead atoms. The molecule has 1 N–H and O–H groups in total. The molecular formula is C74H70Br3Cl12N2NaO7S2. The number of thioether (sulfide) groups is 1. The number of rotatable bonds is 22. The number of hydrogen-bond donors (Lipinski definition) is 1. The van der Waals surface area contributed by atoms with Crippen molar-refractivity contribution >= 4 is 243 Å². The number of nitrogens with zero attached hydrogens (tertiary/aromatic N) is 2. The number of Topliss-reactive ketones (excluding diaryl/α,β-unsaturated/α-hetero) is 4. The van der Waals surface area contributed by atoms with Crippen LogP contribution in [-0.4, -0.2) is 50.4 Å². The van der Waals surface area contributed by atoms with Crippen LogP contribution in [0, 0.1) is 56.8 Å². The van der Waals surface area contributed by atoms with E-state index in [0.717, 1.165) is 99.2 Å². The van der Waals surface area contributed by atoms with Crippen molar-refractivity contribution in [2.45, 2.75) is 139 Å². The summed E-state index contributed by atoms with van der Waals surface area (Å²) in [5.41, 5.74) is 3.85. The first-order valence-corrected chi connectivity index (χ1v) is 42.1. The molecule has 27 heteroatoms. The van der Waals surface area contributed by atoms with Gasteiger partial charge in [-0.15, -0.1) is 0 Å². The molecule has 12 rings (SSSR count). The van der Waals surface area contributed by atoms with Crippen molar-refractivity contribution in [1.29, 1.82) is 10.5 Å². The summed E-state index contributed by atoms with van der Waals surface area (Å²) >= 11 is 83.3. The maximum atomic E-state index is 12.3. The van der Waals surface area contributed by atoms with Crippen LogP contribution in [-0.2, 0) is 17.4 Å². The Bertz CT molecular complexity index is 3840. The molecule has 0 saturated heterocycles. The molecule has 0 spiro atoms. The van der Waals surface area contributed by atoms with Gasteiger partial charge in [-0.3, -0.25) is 24.0 Å². The topological polar surface area (TPSA) is 170 Å². The third-order valence-corrected chi connectivity index (χ3v) is 21.8. The van der Waals surface area contributed by atoms with Crippen LogP contribution < -0.4 is 29.6 Å². The Morgan fingerprint density at radius 2 is 0.881 bits per heavy atom. The molecule has 0 aliphatic heterocycles. The predicted molar refractivity (Wildman–Crippen MR) is 431 cm³/mol. The fourth-order valence-corrected chi connectivity index (χ4v) is 12.1.